The van der Waals surface area contributed by atoms with Gasteiger partial charge in [0.1, 0.15) is 5.75 Å². The zero-order valence-electron chi connectivity index (χ0n) is 18.2. The summed E-state index contributed by atoms with van der Waals surface area (Å²) in [5, 5.41) is 14.4. The third-order valence-corrected chi connectivity index (χ3v) is 4.99. The number of carbonyl (C=O) groups is 2. The SMILES string of the molecule is Cc1cc(NC(=O)NCc2ccc(CC(=O)O)cc2)cc(C)c1-c1ccccc1OC(F)F. The molecule has 3 N–H and O–H groups in total. The molecule has 0 aliphatic carbocycles. The van der Waals surface area contributed by atoms with E-state index >= 15 is 0 Å². The maximum atomic E-state index is 12.8. The lowest BCUT2D eigenvalue weighted by molar-refractivity contribution is -0.136. The van der Waals surface area contributed by atoms with Crippen LogP contribution in [-0.4, -0.2) is 23.7 Å². The molecule has 8 heteroatoms. The number of amides is 2. The average Bonchev–Trinajstić information content (AvgIpc) is 2.73. The van der Waals surface area contributed by atoms with Gasteiger partial charge in [0.25, 0.3) is 0 Å². The molecule has 2 amide bonds. The minimum Gasteiger partial charge on any atom is -0.481 e. The summed E-state index contributed by atoms with van der Waals surface area (Å²) in [6.07, 6.45) is -0.0539. The van der Waals surface area contributed by atoms with Crippen molar-refractivity contribution in [3.63, 3.8) is 0 Å². The second-order valence-electron chi connectivity index (χ2n) is 7.55. The van der Waals surface area contributed by atoms with Crippen molar-refractivity contribution in [3.05, 3.63) is 82.9 Å². The van der Waals surface area contributed by atoms with Crippen LogP contribution in [0.15, 0.2) is 60.7 Å². The molecule has 0 fully saturated rings. The van der Waals surface area contributed by atoms with Crippen LogP contribution < -0.4 is 15.4 Å². The minimum atomic E-state index is -2.93. The number of benzene rings is 3. The molecule has 0 heterocycles. The molecule has 0 unspecified atom stereocenters. The van der Waals surface area contributed by atoms with E-state index in [4.69, 9.17) is 5.11 Å². The van der Waals surface area contributed by atoms with Crippen LogP contribution in [0.5, 0.6) is 5.75 Å². The predicted molar refractivity (Wildman–Crippen MR) is 122 cm³/mol. The van der Waals surface area contributed by atoms with Crippen molar-refractivity contribution in [1.82, 2.24) is 5.32 Å². The van der Waals surface area contributed by atoms with Gasteiger partial charge in [0.2, 0.25) is 0 Å². The van der Waals surface area contributed by atoms with Crippen LogP contribution in [-0.2, 0) is 17.8 Å². The summed E-state index contributed by atoms with van der Waals surface area (Å²) in [6, 6.07) is 16.7. The lowest BCUT2D eigenvalue weighted by Crippen LogP contribution is -2.28. The highest BCUT2D eigenvalue weighted by Gasteiger charge is 2.15. The van der Waals surface area contributed by atoms with Crippen molar-refractivity contribution in [1.29, 1.82) is 0 Å². The minimum absolute atomic E-state index is 0.0539. The quantitative estimate of drug-likeness (QED) is 0.418. The Labute approximate surface area is 190 Å². The Morgan fingerprint density at radius 2 is 1.58 bits per heavy atom. The van der Waals surface area contributed by atoms with Gasteiger partial charge in [0.15, 0.2) is 0 Å². The molecule has 0 saturated carbocycles. The number of alkyl halides is 2. The van der Waals surface area contributed by atoms with Crippen LogP contribution in [0.3, 0.4) is 0 Å². The number of hydrogen-bond acceptors (Lipinski definition) is 3. The summed E-state index contributed by atoms with van der Waals surface area (Å²) < 4.78 is 30.2. The Kier molecular flexibility index (Phi) is 7.61. The van der Waals surface area contributed by atoms with E-state index in [9.17, 15) is 18.4 Å². The number of nitrogens with one attached hydrogen (secondary N) is 2. The Hall–Kier alpha value is -3.94. The molecular weight excluding hydrogens is 430 g/mol. The van der Waals surface area contributed by atoms with Crippen LogP contribution in [0, 0.1) is 13.8 Å². The lowest BCUT2D eigenvalue weighted by atomic mass is 9.94. The van der Waals surface area contributed by atoms with Crippen LogP contribution in [0.25, 0.3) is 11.1 Å². The van der Waals surface area contributed by atoms with Crippen molar-refractivity contribution < 1.29 is 28.2 Å². The molecule has 0 bridgehead atoms. The van der Waals surface area contributed by atoms with Crippen molar-refractivity contribution in [2.75, 3.05) is 5.32 Å². The fourth-order valence-electron chi connectivity index (χ4n) is 3.64. The number of anilines is 1. The Balaban J connectivity index is 1.68. The third-order valence-electron chi connectivity index (χ3n) is 4.99. The van der Waals surface area contributed by atoms with Gasteiger partial charge in [0.05, 0.1) is 6.42 Å². The van der Waals surface area contributed by atoms with Crippen molar-refractivity contribution >= 4 is 17.7 Å². The van der Waals surface area contributed by atoms with E-state index in [1.54, 1.807) is 54.6 Å². The summed E-state index contributed by atoms with van der Waals surface area (Å²) in [6.45, 7) is 1.02. The highest BCUT2D eigenvalue weighted by molar-refractivity contribution is 5.90. The molecule has 33 heavy (non-hydrogen) atoms. The lowest BCUT2D eigenvalue weighted by Gasteiger charge is -2.17. The van der Waals surface area contributed by atoms with Gasteiger partial charge in [-0.1, -0.05) is 42.5 Å². The van der Waals surface area contributed by atoms with E-state index in [0.717, 1.165) is 22.3 Å². The van der Waals surface area contributed by atoms with E-state index in [2.05, 4.69) is 15.4 Å². The second-order valence-corrected chi connectivity index (χ2v) is 7.55. The highest BCUT2D eigenvalue weighted by atomic mass is 19.3. The molecule has 3 aromatic carbocycles. The number of hydrogen-bond donors (Lipinski definition) is 3. The molecule has 6 nitrogen and oxygen atoms in total. The van der Waals surface area contributed by atoms with Crippen molar-refractivity contribution in [2.24, 2.45) is 0 Å². The molecular formula is C25H24F2N2O4. The maximum Gasteiger partial charge on any atom is 0.387 e. The van der Waals surface area contributed by atoms with Gasteiger partial charge < -0.3 is 20.5 Å². The number of urea groups is 1. The number of aryl methyl sites for hydroxylation is 2. The first-order chi connectivity index (χ1) is 15.7. The summed E-state index contributed by atoms with van der Waals surface area (Å²) >= 11 is 0. The molecule has 0 saturated heterocycles. The normalized spacial score (nSPS) is 10.7. The summed E-state index contributed by atoms with van der Waals surface area (Å²) in [5.41, 5.74) is 4.98. The first kappa shape index (κ1) is 23.7. The molecule has 172 valence electrons. The van der Waals surface area contributed by atoms with Gasteiger partial charge >= 0.3 is 18.6 Å². The molecule has 0 aliphatic heterocycles. The Morgan fingerprint density at radius 3 is 2.18 bits per heavy atom. The number of ether oxygens (including phenoxy) is 1. The highest BCUT2D eigenvalue weighted by Crippen LogP contribution is 2.36. The van der Waals surface area contributed by atoms with Crippen LogP contribution in [0.2, 0.25) is 0 Å². The number of carboxylic acid groups (broad SMARTS) is 1. The number of halogens is 2. The first-order valence-corrected chi connectivity index (χ1v) is 10.2. The molecule has 3 rings (SSSR count). The molecule has 0 spiro atoms. The largest absolute Gasteiger partial charge is 0.481 e. The van der Waals surface area contributed by atoms with Crippen molar-refractivity contribution in [3.8, 4) is 16.9 Å². The monoisotopic (exact) mass is 454 g/mol. The van der Waals surface area contributed by atoms with Gasteiger partial charge in [-0.3, -0.25) is 4.79 Å². The second kappa shape index (κ2) is 10.6. The Morgan fingerprint density at radius 1 is 0.970 bits per heavy atom. The fraction of sp³-hybridized carbons (Fsp3) is 0.200. The molecule has 0 atom stereocenters. The van der Waals surface area contributed by atoms with Crippen LogP contribution >= 0.6 is 0 Å². The van der Waals surface area contributed by atoms with Crippen LogP contribution in [0.4, 0.5) is 19.3 Å². The van der Waals surface area contributed by atoms with E-state index < -0.39 is 18.6 Å². The smallest absolute Gasteiger partial charge is 0.387 e. The maximum absolute atomic E-state index is 12.8. The van der Waals surface area contributed by atoms with Gasteiger partial charge in [-0.2, -0.15) is 8.78 Å². The van der Waals surface area contributed by atoms with Crippen molar-refractivity contribution in [2.45, 2.75) is 33.4 Å². The van der Waals surface area contributed by atoms with E-state index in [-0.39, 0.29) is 18.7 Å². The summed E-state index contributed by atoms with van der Waals surface area (Å²) in [5.74, 6) is -0.812. The predicted octanol–water partition coefficient (Wildman–Crippen LogP) is 5.52. The molecule has 0 aromatic heterocycles. The van der Waals surface area contributed by atoms with E-state index in [1.165, 1.54) is 6.07 Å². The van der Waals surface area contributed by atoms with Crippen LogP contribution in [0.1, 0.15) is 22.3 Å². The number of para-hydroxylation sites is 1. The zero-order valence-corrected chi connectivity index (χ0v) is 18.2. The van der Waals surface area contributed by atoms with Gasteiger partial charge in [0, 0.05) is 17.8 Å². The zero-order chi connectivity index (χ0) is 24.0. The molecule has 0 radical (unpaired) electrons. The van der Waals surface area contributed by atoms with Gasteiger partial charge in [-0.05, 0) is 59.9 Å². The number of carboxylic acids is 1. The topological polar surface area (TPSA) is 87.7 Å². The standard InChI is InChI=1S/C25H24F2N2O4/c1-15-11-19(12-16(2)23(15)20-5-3-4-6-21(20)33-24(26)27)29-25(32)28-14-18-9-7-17(8-10-18)13-22(30)31/h3-12,24H,13-14H2,1-2H3,(H,30,31)(H2,28,29,32). The number of rotatable bonds is 8. The first-order valence-electron chi connectivity index (χ1n) is 10.2. The summed E-state index contributed by atoms with van der Waals surface area (Å²) in [4.78, 5) is 23.1. The molecule has 0 aliphatic rings. The van der Waals surface area contributed by atoms with Gasteiger partial charge in [-0.25, -0.2) is 4.79 Å². The third kappa shape index (κ3) is 6.52. The number of aliphatic carboxylic acids is 1. The molecule has 3 aromatic rings. The average molecular weight is 454 g/mol. The Bertz CT molecular complexity index is 1120. The summed E-state index contributed by atoms with van der Waals surface area (Å²) in [7, 11) is 0. The van der Waals surface area contributed by atoms with E-state index in [1.807, 2.05) is 13.8 Å². The van der Waals surface area contributed by atoms with E-state index in [0.29, 0.717) is 16.8 Å². The van der Waals surface area contributed by atoms with Gasteiger partial charge in [-0.15, -0.1) is 0 Å². The number of carbonyl (C=O) groups excluding carboxylic acids is 1. The fourth-order valence-corrected chi connectivity index (χ4v) is 3.64.